The zero-order chi connectivity index (χ0) is 31.4. The first kappa shape index (κ1) is 30.9. The van der Waals surface area contributed by atoms with E-state index in [1.807, 2.05) is 35.7 Å². The van der Waals surface area contributed by atoms with E-state index in [0.717, 1.165) is 12.8 Å². The standard InChI is InChI=1S/C27H35B3N8O6/c1-42-22-16(23-34-21(44-36-23)14-37-8-10-38(11-9-37)26(41)43-2)4-3-5-18(22)32-19-12-20(33-24(39)15-6-7-15)31-13-17(19)25(40)35-27(28,29)30/h3-5,12-13,15H,6-11,14,28-30H2,1-2H3,(H,35,40)(H2,31,32,33,39). The second-order valence-corrected chi connectivity index (χ2v) is 11.8. The van der Waals surface area contributed by atoms with Gasteiger partial charge >= 0.3 is 6.09 Å². The lowest BCUT2D eigenvalue weighted by Gasteiger charge is -2.32. The number of carbonyl (C=O) groups excluding carboxylic acids is 3. The molecule has 228 valence electrons. The molecule has 1 aliphatic heterocycles. The van der Waals surface area contributed by atoms with E-state index in [1.54, 1.807) is 17.0 Å². The number of nitrogens with one attached hydrogen (secondary N) is 3. The largest absolute Gasteiger partial charge is 0.494 e. The number of piperazine rings is 1. The second kappa shape index (κ2) is 13.0. The van der Waals surface area contributed by atoms with Gasteiger partial charge in [-0.3, -0.25) is 14.5 Å². The fourth-order valence-electron chi connectivity index (χ4n) is 4.80. The van der Waals surface area contributed by atoms with Gasteiger partial charge in [0.05, 0.1) is 43.3 Å². The Morgan fingerprint density at radius 3 is 2.50 bits per heavy atom. The molecule has 3 N–H and O–H groups in total. The fourth-order valence-corrected chi connectivity index (χ4v) is 4.80. The van der Waals surface area contributed by atoms with Gasteiger partial charge in [-0.1, -0.05) is 11.2 Å². The SMILES string of the molecule is BC(B)(B)NC(=O)c1cnc(NC(=O)C2CC2)cc1Nc1cccc(-c2noc(CN3CCN(C(=O)OC)CC3)n2)c1OC. The van der Waals surface area contributed by atoms with E-state index in [4.69, 9.17) is 14.0 Å². The third-order valence-corrected chi connectivity index (χ3v) is 7.20. The topological polar surface area (TPSA) is 164 Å². The molecule has 3 aromatic rings. The van der Waals surface area contributed by atoms with Gasteiger partial charge in [0, 0.05) is 44.4 Å². The van der Waals surface area contributed by atoms with Gasteiger partial charge in [0.2, 0.25) is 17.6 Å². The number of nitrogens with zero attached hydrogens (tertiary/aromatic N) is 5. The highest BCUT2D eigenvalue weighted by atomic mass is 16.5. The molecule has 1 saturated heterocycles. The van der Waals surface area contributed by atoms with Gasteiger partial charge in [-0.05, 0) is 30.2 Å². The summed E-state index contributed by atoms with van der Waals surface area (Å²) in [6.07, 6.45) is 2.82. The summed E-state index contributed by atoms with van der Waals surface area (Å²) in [5.74, 6) is 1.13. The third-order valence-electron chi connectivity index (χ3n) is 7.20. The lowest BCUT2D eigenvalue weighted by molar-refractivity contribution is -0.117. The molecule has 0 radical (unpaired) electrons. The highest BCUT2D eigenvalue weighted by molar-refractivity contribution is 6.60. The third kappa shape index (κ3) is 7.51. The van der Waals surface area contributed by atoms with E-state index >= 15 is 0 Å². The summed E-state index contributed by atoms with van der Waals surface area (Å²) in [6, 6.07) is 7.07. The van der Waals surface area contributed by atoms with Crippen LogP contribution in [0.1, 0.15) is 29.1 Å². The van der Waals surface area contributed by atoms with Gasteiger partial charge in [-0.25, -0.2) is 9.78 Å². The Balaban J connectivity index is 1.37. The summed E-state index contributed by atoms with van der Waals surface area (Å²) in [6.45, 7) is 2.82. The molecule has 44 heavy (non-hydrogen) atoms. The molecule has 14 nitrogen and oxygen atoms in total. The van der Waals surface area contributed by atoms with Crippen LogP contribution in [0.25, 0.3) is 11.4 Å². The van der Waals surface area contributed by atoms with Crippen LogP contribution in [0.3, 0.4) is 0 Å². The molecule has 2 aliphatic rings. The van der Waals surface area contributed by atoms with Crippen LogP contribution in [0, 0.1) is 5.92 Å². The van der Waals surface area contributed by atoms with Crippen LogP contribution in [-0.2, 0) is 16.1 Å². The molecule has 2 fully saturated rings. The Morgan fingerprint density at radius 1 is 1.09 bits per heavy atom. The van der Waals surface area contributed by atoms with Gasteiger partial charge in [-0.15, -0.1) is 0 Å². The summed E-state index contributed by atoms with van der Waals surface area (Å²) < 4.78 is 16.2. The summed E-state index contributed by atoms with van der Waals surface area (Å²) in [5.41, 5.74) is 1.86. The lowest BCUT2D eigenvalue weighted by Crippen LogP contribution is -2.50. The van der Waals surface area contributed by atoms with E-state index < -0.39 is 5.24 Å². The number of ether oxygens (including phenoxy) is 2. The number of para-hydroxylation sites is 1. The van der Waals surface area contributed by atoms with Crippen molar-refractivity contribution in [1.82, 2.24) is 30.2 Å². The number of hydrogen-bond acceptors (Lipinski definition) is 11. The molecule has 0 unspecified atom stereocenters. The van der Waals surface area contributed by atoms with Crippen LogP contribution in [-0.4, -0.2) is 112 Å². The number of methoxy groups -OCH3 is 2. The first-order valence-electron chi connectivity index (χ1n) is 14.5. The summed E-state index contributed by atoms with van der Waals surface area (Å²) >= 11 is 0. The minimum Gasteiger partial charge on any atom is -0.494 e. The average Bonchev–Trinajstić information content (AvgIpc) is 3.75. The Bertz CT molecular complexity index is 1540. The maximum absolute atomic E-state index is 13.2. The predicted molar refractivity (Wildman–Crippen MR) is 170 cm³/mol. The molecule has 0 bridgehead atoms. The zero-order valence-corrected chi connectivity index (χ0v) is 25.6. The summed E-state index contributed by atoms with van der Waals surface area (Å²) in [4.78, 5) is 50.1. The van der Waals surface area contributed by atoms with Crippen molar-refractivity contribution in [2.75, 3.05) is 51.0 Å². The van der Waals surface area contributed by atoms with Gasteiger partial charge in [-0.2, -0.15) is 4.98 Å². The fraction of sp³-hybridized carbons (Fsp3) is 0.407. The molecule has 1 aliphatic carbocycles. The highest BCUT2D eigenvalue weighted by Gasteiger charge is 2.30. The maximum Gasteiger partial charge on any atom is 0.409 e. The Kier molecular flexibility index (Phi) is 9.13. The molecule has 3 amide bonds. The molecule has 3 heterocycles. The number of benzene rings is 1. The van der Waals surface area contributed by atoms with Gasteiger partial charge in [0.1, 0.15) is 29.4 Å². The van der Waals surface area contributed by atoms with Crippen molar-refractivity contribution in [1.29, 1.82) is 0 Å². The average molecular weight is 600 g/mol. The summed E-state index contributed by atoms with van der Waals surface area (Å²) in [7, 11) is 8.59. The van der Waals surface area contributed by atoms with Crippen molar-refractivity contribution in [2.45, 2.75) is 24.6 Å². The number of amides is 3. The van der Waals surface area contributed by atoms with E-state index in [-0.39, 0.29) is 23.8 Å². The lowest BCUT2D eigenvalue weighted by atomic mass is 9.49. The van der Waals surface area contributed by atoms with E-state index in [2.05, 4.69) is 36.0 Å². The van der Waals surface area contributed by atoms with Crippen molar-refractivity contribution >= 4 is 58.6 Å². The van der Waals surface area contributed by atoms with E-state index in [0.29, 0.717) is 78.5 Å². The minimum atomic E-state index is -0.476. The monoisotopic (exact) mass is 600 g/mol. The number of carbonyl (C=O) groups is 3. The van der Waals surface area contributed by atoms with Crippen LogP contribution in [0.5, 0.6) is 5.75 Å². The van der Waals surface area contributed by atoms with Crippen LogP contribution < -0.4 is 20.7 Å². The first-order chi connectivity index (χ1) is 21.0. The molecular formula is C27H35B3N8O6. The predicted octanol–water partition coefficient (Wildman–Crippen LogP) is -0.643. The number of hydrogen-bond donors (Lipinski definition) is 3. The Morgan fingerprint density at radius 2 is 1.84 bits per heavy atom. The molecule has 5 rings (SSSR count). The van der Waals surface area contributed by atoms with Gasteiger partial charge in [0.25, 0.3) is 5.91 Å². The van der Waals surface area contributed by atoms with Gasteiger partial charge < -0.3 is 34.8 Å². The zero-order valence-electron chi connectivity index (χ0n) is 25.6. The van der Waals surface area contributed by atoms with Crippen molar-refractivity contribution < 1.29 is 28.4 Å². The van der Waals surface area contributed by atoms with Crippen molar-refractivity contribution in [2.24, 2.45) is 5.92 Å². The van der Waals surface area contributed by atoms with Crippen LogP contribution in [0.2, 0.25) is 0 Å². The summed E-state index contributed by atoms with van der Waals surface area (Å²) in [5, 5.41) is 12.8. The van der Waals surface area contributed by atoms with E-state index in [1.165, 1.54) is 20.4 Å². The molecule has 0 spiro atoms. The quantitative estimate of drug-likeness (QED) is 0.254. The highest BCUT2D eigenvalue weighted by Crippen LogP contribution is 2.38. The van der Waals surface area contributed by atoms with Crippen LogP contribution >= 0.6 is 0 Å². The smallest absolute Gasteiger partial charge is 0.409 e. The Labute approximate surface area is 257 Å². The van der Waals surface area contributed by atoms with Gasteiger partial charge in [0.15, 0.2) is 5.75 Å². The van der Waals surface area contributed by atoms with Crippen molar-refractivity contribution in [3.63, 3.8) is 0 Å². The number of rotatable bonds is 10. The second-order valence-electron chi connectivity index (χ2n) is 11.8. The van der Waals surface area contributed by atoms with Crippen LogP contribution in [0.4, 0.5) is 22.0 Å². The molecule has 17 heteroatoms. The van der Waals surface area contributed by atoms with Crippen LogP contribution in [0.15, 0.2) is 35.0 Å². The molecule has 0 atom stereocenters. The molecule has 1 aromatic carbocycles. The molecule has 2 aromatic heterocycles. The number of pyridine rings is 1. The van der Waals surface area contributed by atoms with E-state index in [9.17, 15) is 14.4 Å². The molecular weight excluding hydrogens is 565 g/mol. The first-order valence-corrected chi connectivity index (χ1v) is 14.5. The minimum absolute atomic E-state index is 0.00170. The maximum atomic E-state index is 13.2. The van der Waals surface area contributed by atoms with Crippen molar-refractivity contribution in [3.05, 3.63) is 41.9 Å². The Hall–Kier alpha value is -4.53. The molecule has 1 saturated carbocycles. The van der Waals surface area contributed by atoms with Crippen molar-refractivity contribution in [3.8, 4) is 17.1 Å². The normalized spacial score (nSPS) is 15.4. The number of anilines is 3. The number of aromatic nitrogens is 3.